The molecule has 0 saturated carbocycles. The summed E-state index contributed by atoms with van der Waals surface area (Å²) < 4.78 is 10.7. The van der Waals surface area contributed by atoms with Crippen LogP contribution in [0.15, 0.2) is 24.5 Å². The van der Waals surface area contributed by atoms with E-state index in [-0.39, 0.29) is 0 Å². The number of nitrogens with two attached hydrogens (primary N) is 1. The third-order valence-corrected chi connectivity index (χ3v) is 4.43. The number of hydrogen-bond donors (Lipinski definition) is 2. The van der Waals surface area contributed by atoms with E-state index < -0.39 is 0 Å². The van der Waals surface area contributed by atoms with E-state index >= 15 is 0 Å². The normalized spacial score (nSPS) is 14.7. The van der Waals surface area contributed by atoms with Crippen LogP contribution in [0.5, 0.6) is 11.5 Å². The molecule has 7 nitrogen and oxygen atoms in total. The Balaban J connectivity index is 1.87. The molecule has 1 saturated heterocycles. The highest BCUT2D eigenvalue weighted by atomic mass is 16.5. The van der Waals surface area contributed by atoms with Gasteiger partial charge in [-0.1, -0.05) is 12.8 Å². The smallest absolute Gasteiger partial charge is 0.159 e. The van der Waals surface area contributed by atoms with E-state index in [2.05, 4.69) is 20.2 Å². The summed E-state index contributed by atoms with van der Waals surface area (Å²) in [7, 11) is 3.24. The van der Waals surface area contributed by atoms with Crippen LogP contribution in [0, 0.1) is 0 Å². The van der Waals surface area contributed by atoms with Crippen LogP contribution < -0.4 is 25.4 Å². The van der Waals surface area contributed by atoms with Gasteiger partial charge in [0.25, 0.3) is 0 Å². The zero-order valence-corrected chi connectivity index (χ0v) is 14.8. The number of nitrogen functional groups attached to an aromatic ring is 1. The molecule has 0 spiro atoms. The van der Waals surface area contributed by atoms with Gasteiger partial charge in [-0.15, -0.1) is 0 Å². The van der Waals surface area contributed by atoms with Crippen molar-refractivity contribution in [3.63, 3.8) is 0 Å². The first kappa shape index (κ1) is 17.1. The van der Waals surface area contributed by atoms with Crippen LogP contribution in [0.2, 0.25) is 0 Å². The lowest BCUT2D eigenvalue weighted by Gasteiger charge is -2.23. The molecule has 7 heteroatoms. The number of nitrogens with one attached hydrogen (secondary N) is 1. The Hall–Kier alpha value is -2.70. The Morgan fingerprint density at radius 2 is 1.80 bits per heavy atom. The number of hydrogen-bond acceptors (Lipinski definition) is 7. The van der Waals surface area contributed by atoms with Crippen molar-refractivity contribution in [3.8, 4) is 11.5 Å². The molecule has 2 aromatic rings. The number of aromatic nitrogens is 2. The van der Waals surface area contributed by atoms with E-state index in [0.29, 0.717) is 17.3 Å². The Labute approximate surface area is 148 Å². The lowest BCUT2D eigenvalue weighted by atomic mass is 10.2. The minimum absolute atomic E-state index is 0.558. The second-order valence-electron chi connectivity index (χ2n) is 6.05. The van der Waals surface area contributed by atoms with Crippen LogP contribution in [-0.4, -0.2) is 37.3 Å². The maximum absolute atomic E-state index is 6.37. The largest absolute Gasteiger partial charge is 0.497 e. The van der Waals surface area contributed by atoms with Gasteiger partial charge in [0.05, 0.1) is 19.9 Å². The van der Waals surface area contributed by atoms with E-state index in [1.54, 1.807) is 20.5 Å². The van der Waals surface area contributed by atoms with Gasteiger partial charge in [-0.05, 0) is 25.0 Å². The molecule has 0 atom stereocenters. The summed E-state index contributed by atoms with van der Waals surface area (Å²) in [6.07, 6.45) is 6.40. The predicted molar refractivity (Wildman–Crippen MR) is 100.0 cm³/mol. The Bertz CT molecular complexity index is 715. The molecule has 0 aliphatic carbocycles. The maximum atomic E-state index is 6.37. The molecule has 1 aromatic carbocycles. The molecule has 1 aliphatic heterocycles. The molecular weight excluding hydrogens is 318 g/mol. The molecule has 1 fully saturated rings. The van der Waals surface area contributed by atoms with Crippen molar-refractivity contribution >= 4 is 23.0 Å². The Morgan fingerprint density at radius 1 is 1.04 bits per heavy atom. The average Bonchev–Trinajstić information content (AvgIpc) is 2.93. The zero-order chi connectivity index (χ0) is 17.6. The summed E-state index contributed by atoms with van der Waals surface area (Å²) in [4.78, 5) is 11.0. The lowest BCUT2D eigenvalue weighted by molar-refractivity contribution is 0.395. The van der Waals surface area contributed by atoms with Crippen molar-refractivity contribution in [3.05, 3.63) is 24.5 Å². The fraction of sp³-hybridized carbons (Fsp3) is 0.444. The number of anilines is 4. The van der Waals surface area contributed by atoms with E-state index in [1.165, 1.54) is 25.7 Å². The van der Waals surface area contributed by atoms with E-state index in [0.717, 1.165) is 30.3 Å². The van der Waals surface area contributed by atoms with Gasteiger partial charge in [0.2, 0.25) is 0 Å². The van der Waals surface area contributed by atoms with Crippen molar-refractivity contribution in [2.75, 3.05) is 43.3 Å². The van der Waals surface area contributed by atoms with Crippen LogP contribution >= 0.6 is 0 Å². The molecule has 1 aliphatic rings. The Kier molecular flexibility index (Phi) is 5.42. The average molecular weight is 343 g/mol. The molecule has 1 aromatic heterocycles. The second-order valence-corrected chi connectivity index (χ2v) is 6.05. The van der Waals surface area contributed by atoms with Crippen LogP contribution in [0.1, 0.15) is 25.7 Å². The van der Waals surface area contributed by atoms with Crippen LogP contribution in [0.4, 0.5) is 23.0 Å². The van der Waals surface area contributed by atoms with Gasteiger partial charge in [0.15, 0.2) is 11.6 Å². The van der Waals surface area contributed by atoms with Gasteiger partial charge in [0.1, 0.15) is 23.5 Å². The highest BCUT2D eigenvalue weighted by Gasteiger charge is 2.17. The minimum atomic E-state index is 0.558. The molecule has 0 radical (unpaired) electrons. The summed E-state index contributed by atoms with van der Waals surface area (Å²) >= 11 is 0. The van der Waals surface area contributed by atoms with Gasteiger partial charge in [-0.2, -0.15) is 0 Å². The topological polar surface area (TPSA) is 85.5 Å². The van der Waals surface area contributed by atoms with Gasteiger partial charge < -0.3 is 25.4 Å². The van der Waals surface area contributed by atoms with Crippen molar-refractivity contribution in [2.45, 2.75) is 25.7 Å². The molecule has 25 heavy (non-hydrogen) atoms. The van der Waals surface area contributed by atoms with E-state index in [4.69, 9.17) is 15.2 Å². The van der Waals surface area contributed by atoms with Crippen molar-refractivity contribution < 1.29 is 9.47 Å². The SMILES string of the molecule is COc1ccc(Nc2ncnc(N3CCCCCC3)c2N)c(OC)c1. The molecular formula is C18H25N5O2. The quantitative estimate of drug-likeness (QED) is 0.862. The lowest BCUT2D eigenvalue weighted by Crippen LogP contribution is -2.26. The van der Waals surface area contributed by atoms with Crippen LogP contribution in [-0.2, 0) is 0 Å². The molecule has 0 bridgehead atoms. The van der Waals surface area contributed by atoms with Gasteiger partial charge in [-0.3, -0.25) is 0 Å². The molecule has 2 heterocycles. The van der Waals surface area contributed by atoms with Crippen molar-refractivity contribution in [2.24, 2.45) is 0 Å². The first-order valence-corrected chi connectivity index (χ1v) is 8.57. The number of rotatable bonds is 5. The maximum Gasteiger partial charge on any atom is 0.159 e. The summed E-state index contributed by atoms with van der Waals surface area (Å²) in [6, 6.07) is 5.55. The zero-order valence-electron chi connectivity index (χ0n) is 14.8. The monoisotopic (exact) mass is 343 g/mol. The fourth-order valence-electron chi connectivity index (χ4n) is 3.05. The highest BCUT2D eigenvalue weighted by Crippen LogP contribution is 2.34. The summed E-state index contributed by atoms with van der Waals surface area (Å²) in [5.41, 5.74) is 7.70. The van der Waals surface area contributed by atoms with E-state index in [1.807, 2.05) is 18.2 Å². The summed E-state index contributed by atoms with van der Waals surface area (Å²) in [6.45, 7) is 1.96. The summed E-state index contributed by atoms with van der Waals surface area (Å²) in [5, 5.41) is 3.25. The summed E-state index contributed by atoms with van der Waals surface area (Å²) in [5.74, 6) is 2.77. The highest BCUT2D eigenvalue weighted by molar-refractivity contribution is 5.80. The van der Waals surface area contributed by atoms with Crippen molar-refractivity contribution in [1.29, 1.82) is 0 Å². The molecule has 134 valence electrons. The second kappa shape index (κ2) is 7.92. The number of nitrogens with zero attached hydrogens (tertiary/aromatic N) is 3. The van der Waals surface area contributed by atoms with Crippen LogP contribution in [0.25, 0.3) is 0 Å². The molecule has 0 unspecified atom stereocenters. The van der Waals surface area contributed by atoms with Crippen LogP contribution in [0.3, 0.4) is 0 Å². The number of benzene rings is 1. The molecule has 3 N–H and O–H groups in total. The predicted octanol–water partition coefficient (Wildman–Crippen LogP) is 3.20. The fourth-order valence-corrected chi connectivity index (χ4v) is 3.05. The first-order valence-electron chi connectivity index (χ1n) is 8.57. The third-order valence-electron chi connectivity index (χ3n) is 4.43. The first-order chi connectivity index (χ1) is 12.2. The number of ether oxygens (including phenoxy) is 2. The van der Waals surface area contributed by atoms with Gasteiger partial charge in [-0.25, -0.2) is 9.97 Å². The number of methoxy groups -OCH3 is 2. The molecule has 3 rings (SSSR count). The molecule has 0 amide bonds. The minimum Gasteiger partial charge on any atom is -0.497 e. The van der Waals surface area contributed by atoms with Crippen molar-refractivity contribution in [1.82, 2.24) is 9.97 Å². The van der Waals surface area contributed by atoms with E-state index in [9.17, 15) is 0 Å². The van der Waals surface area contributed by atoms with Gasteiger partial charge >= 0.3 is 0 Å². The van der Waals surface area contributed by atoms with Gasteiger partial charge in [0, 0.05) is 19.2 Å². The standard InChI is InChI=1S/C18H25N5O2/c1-24-13-7-8-14(15(11-13)25-2)22-17-16(19)18(21-12-20-17)23-9-5-3-4-6-10-23/h7-8,11-12H,3-6,9-10,19H2,1-2H3,(H,20,21,22). The Morgan fingerprint density at radius 3 is 2.48 bits per heavy atom. The third kappa shape index (κ3) is 3.87.